The molecule has 0 aliphatic heterocycles. The van der Waals surface area contributed by atoms with Crippen molar-refractivity contribution in [2.75, 3.05) is 24.5 Å². The Morgan fingerprint density at radius 2 is 1.90 bits per heavy atom. The zero-order valence-corrected chi connectivity index (χ0v) is 13.2. The summed E-state index contributed by atoms with van der Waals surface area (Å²) in [4.78, 5) is 1.36. The van der Waals surface area contributed by atoms with E-state index in [1.807, 2.05) is 13.8 Å². The van der Waals surface area contributed by atoms with Gasteiger partial charge in [-0.3, -0.25) is 0 Å². The smallest absolute Gasteiger partial charge is 0.362 e. The summed E-state index contributed by atoms with van der Waals surface area (Å²) in [7, 11) is 0. The lowest BCUT2D eigenvalue weighted by atomic mass is 10.1. The summed E-state index contributed by atoms with van der Waals surface area (Å²) in [5.74, 6) is 0. The Labute approximate surface area is 129 Å². The molecule has 1 aromatic carbocycles. The molecule has 1 rings (SSSR count). The third-order valence-electron chi connectivity index (χ3n) is 3.03. The maximum absolute atomic E-state index is 12.8. The lowest BCUT2D eigenvalue weighted by Gasteiger charge is -2.28. The second kappa shape index (κ2) is 8.49. The minimum atomic E-state index is -4.23. The second-order valence-electron chi connectivity index (χ2n) is 4.95. The standard InChI is InChI=1S/C15H22ClF3N2/c1-3-8-20-10-12-13(16)6-5-7-14(12)21(9-4-2)11-15(17,18)19/h5-7,20H,3-4,8-11H2,1-2H3. The van der Waals surface area contributed by atoms with Gasteiger partial charge in [0.2, 0.25) is 0 Å². The molecule has 0 saturated carbocycles. The first-order chi connectivity index (χ1) is 9.89. The summed E-state index contributed by atoms with van der Waals surface area (Å²) >= 11 is 6.18. The number of hydrogen-bond donors (Lipinski definition) is 1. The highest BCUT2D eigenvalue weighted by molar-refractivity contribution is 6.31. The highest BCUT2D eigenvalue weighted by Gasteiger charge is 2.31. The average Bonchev–Trinajstić information content (AvgIpc) is 2.39. The van der Waals surface area contributed by atoms with Crippen molar-refractivity contribution < 1.29 is 13.2 Å². The monoisotopic (exact) mass is 322 g/mol. The Hall–Kier alpha value is -0.940. The molecular formula is C15H22ClF3N2. The van der Waals surface area contributed by atoms with Gasteiger partial charge in [0.25, 0.3) is 0 Å². The van der Waals surface area contributed by atoms with Crippen molar-refractivity contribution >= 4 is 17.3 Å². The number of benzene rings is 1. The van der Waals surface area contributed by atoms with Crippen LogP contribution in [0.1, 0.15) is 32.3 Å². The SMILES string of the molecule is CCCNCc1c(Cl)cccc1N(CCC)CC(F)(F)F. The molecule has 0 aromatic heterocycles. The van der Waals surface area contributed by atoms with Crippen molar-refractivity contribution in [3.8, 4) is 0 Å². The largest absolute Gasteiger partial charge is 0.405 e. The second-order valence-corrected chi connectivity index (χ2v) is 5.36. The molecule has 21 heavy (non-hydrogen) atoms. The molecule has 1 N–H and O–H groups in total. The van der Waals surface area contributed by atoms with E-state index in [4.69, 9.17) is 11.6 Å². The molecule has 0 radical (unpaired) electrons. The van der Waals surface area contributed by atoms with Crippen molar-refractivity contribution in [3.63, 3.8) is 0 Å². The number of alkyl halides is 3. The summed E-state index contributed by atoms with van der Waals surface area (Å²) in [6, 6.07) is 5.11. The van der Waals surface area contributed by atoms with Crippen LogP contribution in [0.2, 0.25) is 5.02 Å². The molecule has 120 valence electrons. The van der Waals surface area contributed by atoms with Gasteiger partial charge in [0, 0.05) is 29.4 Å². The average molecular weight is 323 g/mol. The molecule has 0 bridgehead atoms. The minimum absolute atomic E-state index is 0.348. The van der Waals surface area contributed by atoms with E-state index in [1.54, 1.807) is 18.2 Å². The van der Waals surface area contributed by atoms with Gasteiger partial charge in [-0.1, -0.05) is 31.5 Å². The van der Waals surface area contributed by atoms with Gasteiger partial charge in [-0.2, -0.15) is 13.2 Å². The van der Waals surface area contributed by atoms with E-state index in [0.717, 1.165) is 18.5 Å². The topological polar surface area (TPSA) is 15.3 Å². The first-order valence-electron chi connectivity index (χ1n) is 7.18. The normalized spacial score (nSPS) is 11.7. The van der Waals surface area contributed by atoms with Crippen LogP contribution < -0.4 is 10.2 Å². The lowest BCUT2D eigenvalue weighted by molar-refractivity contribution is -0.119. The minimum Gasteiger partial charge on any atom is -0.362 e. The van der Waals surface area contributed by atoms with Crippen LogP contribution in [-0.2, 0) is 6.54 Å². The molecule has 2 nitrogen and oxygen atoms in total. The molecular weight excluding hydrogens is 301 g/mol. The van der Waals surface area contributed by atoms with Gasteiger partial charge >= 0.3 is 6.18 Å². The Kier molecular flexibility index (Phi) is 7.32. The molecule has 0 spiro atoms. The first-order valence-corrected chi connectivity index (χ1v) is 7.56. The van der Waals surface area contributed by atoms with Gasteiger partial charge in [-0.25, -0.2) is 0 Å². The molecule has 0 saturated heterocycles. The molecule has 0 heterocycles. The van der Waals surface area contributed by atoms with E-state index >= 15 is 0 Å². The zero-order valence-electron chi connectivity index (χ0n) is 12.4. The van der Waals surface area contributed by atoms with Gasteiger partial charge in [-0.05, 0) is 31.5 Å². The Balaban J connectivity index is 3.02. The quantitative estimate of drug-likeness (QED) is 0.703. The van der Waals surface area contributed by atoms with Crippen LogP contribution in [0, 0.1) is 0 Å². The van der Waals surface area contributed by atoms with E-state index in [-0.39, 0.29) is 0 Å². The molecule has 0 atom stereocenters. The summed E-state index contributed by atoms with van der Waals surface area (Å²) in [6.45, 7) is 4.57. The van der Waals surface area contributed by atoms with E-state index in [9.17, 15) is 13.2 Å². The third-order valence-corrected chi connectivity index (χ3v) is 3.38. The van der Waals surface area contributed by atoms with Crippen molar-refractivity contribution in [1.82, 2.24) is 5.32 Å². The van der Waals surface area contributed by atoms with Crippen LogP contribution >= 0.6 is 11.6 Å². The first kappa shape index (κ1) is 18.1. The predicted molar refractivity (Wildman–Crippen MR) is 82.0 cm³/mol. The van der Waals surface area contributed by atoms with Crippen LogP contribution in [-0.4, -0.2) is 25.8 Å². The Morgan fingerprint density at radius 1 is 1.19 bits per heavy atom. The summed E-state index contributed by atoms with van der Waals surface area (Å²) in [6.07, 6.45) is -2.63. The Bertz CT molecular complexity index is 435. The summed E-state index contributed by atoms with van der Waals surface area (Å²) in [5, 5.41) is 3.70. The molecule has 0 aliphatic carbocycles. The third kappa shape index (κ3) is 6.14. The highest BCUT2D eigenvalue weighted by Crippen LogP contribution is 2.30. The van der Waals surface area contributed by atoms with E-state index in [1.165, 1.54) is 4.90 Å². The number of anilines is 1. The van der Waals surface area contributed by atoms with Gasteiger partial charge < -0.3 is 10.2 Å². The number of nitrogens with zero attached hydrogens (tertiary/aromatic N) is 1. The molecule has 0 aliphatic rings. The number of hydrogen-bond acceptors (Lipinski definition) is 2. The number of halogens is 4. The molecule has 1 aromatic rings. The maximum atomic E-state index is 12.8. The highest BCUT2D eigenvalue weighted by atomic mass is 35.5. The summed E-state index contributed by atoms with van der Waals surface area (Å²) in [5.41, 5.74) is 1.29. The van der Waals surface area contributed by atoms with Crippen LogP contribution in [0.25, 0.3) is 0 Å². The van der Waals surface area contributed by atoms with E-state index in [2.05, 4.69) is 5.32 Å². The van der Waals surface area contributed by atoms with Crippen LogP contribution in [0.3, 0.4) is 0 Å². The van der Waals surface area contributed by atoms with Gasteiger partial charge in [0.15, 0.2) is 0 Å². The van der Waals surface area contributed by atoms with Gasteiger partial charge in [0.1, 0.15) is 6.54 Å². The summed E-state index contributed by atoms with van der Waals surface area (Å²) < 4.78 is 38.3. The van der Waals surface area contributed by atoms with E-state index < -0.39 is 12.7 Å². The molecule has 6 heteroatoms. The van der Waals surface area contributed by atoms with E-state index in [0.29, 0.717) is 30.2 Å². The fourth-order valence-corrected chi connectivity index (χ4v) is 2.42. The fraction of sp³-hybridized carbons (Fsp3) is 0.600. The predicted octanol–water partition coefficient (Wildman–Crippen LogP) is 4.62. The fourth-order valence-electron chi connectivity index (χ4n) is 2.18. The van der Waals surface area contributed by atoms with Crippen LogP contribution in [0.4, 0.5) is 18.9 Å². The number of rotatable bonds is 8. The van der Waals surface area contributed by atoms with Crippen LogP contribution in [0.15, 0.2) is 18.2 Å². The van der Waals surface area contributed by atoms with Gasteiger partial charge in [0.05, 0.1) is 0 Å². The van der Waals surface area contributed by atoms with Crippen molar-refractivity contribution in [3.05, 3.63) is 28.8 Å². The molecule has 0 fully saturated rings. The lowest BCUT2D eigenvalue weighted by Crippen LogP contribution is -2.35. The number of nitrogens with one attached hydrogen (secondary N) is 1. The zero-order chi connectivity index (χ0) is 15.9. The van der Waals surface area contributed by atoms with Gasteiger partial charge in [-0.15, -0.1) is 0 Å². The maximum Gasteiger partial charge on any atom is 0.405 e. The van der Waals surface area contributed by atoms with Crippen molar-refractivity contribution in [2.24, 2.45) is 0 Å². The molecule has 0 amide bonds. The van der Waals surface area contributed by atoms with Crippen molar-refractivity contribution in [2.45, 2.75) is 39.4 Å². The Morgan fingerprint density at radius 3 is 2.48 bits per heavy atom. The van der Waals surface area contributed by atoms with Crippen LogP contribution in [0.5, 0.6) is 0 Å². The van der Waals surface area contributed by atoms with Crippen molar-refractivity contribution in [1.29, 1.82) is 0 Å². The molecule has 0 unspecified atom stereocenters.